The maximum absolute atomic E-state index is 12.7. The molecule has 0 spiro atoms. The third-order valence-electron chi connectivity index (χ3n) is 9.26. The van der Waals surface area contributed by atoms with Gasteiger partial charge in [0.25, 0.3) is 11.5 Å². The predicted octanol–water partition coefficient (Wildman–Crippen LogP) is 2.59. The third kappa shape index (κ3) is 6.86. The third-order valence-corrected chi connectivity index (χ3v) is 9.54. The molecule has 2 fully saturated rings. The van der Waals surface area contributed by atoms with Crippen LogP contribution in [0.2, 0.25) is 5.02 Å². The van der Waals surface area contributed by atoms with Gasteiger partial charge >= 0.3 is 0 Å². The molecule has 16 nitrogen and oxygen atoms in total. The summed E-state index contributed by atoms with van der Waals surface area (Å²) in [5.74, 6) is -0.0295. The van der Waals surface area contributed by atoms with E-state index in [1.807, 2.05) is 25.2 Å². The lowest BCUT2D eigenvalue weighted by Crippen LogP contribution is -2.39. The lowest BCUT2D eigenvalue weighted by atomic mass is 9.93. The standard InChI is InChI=1S/C34H36ClN11O5/c1-36-28(48)17-51-26-11-19-10-21(14-38-31(19)44(2)33(26)50)40-30-24(35)15-39-34(42-30)46-9-8-18(16-46)13-37-20-4-5-22-25(12-20)45(3)43-29(22)23-6-7-27(47)41-32(23)49/h4-5,10-12,14-15,18,23,37H,6-9,13,16-17H2,1-3H3,(H,36,48)(H,39,40,42)(H,41,47,49)/t18-,23?/m0/s1. The average Bonchev–Trinajstić information content (AvgIpc) is 3.73. The lowest BCUT2D eigenvalue weighted by Gasteiger charge is -2.19. The number of hydrogen-bond donors (Lipinski definition) is 4. The summed E-state index contributed by atoms with van der Waals surface area (Å²) in [5.41, 5.74) is 3.17. The van der Waals surface area contributed by atoms with Gasteiger partial charge in [-0.15, -0.1) is 0 Å². The molecule has 2 aliphatic rings. The molecule has 0 saturated carbocycles. The van der Waals surface area contributed by atoms with Gasteiger partial charge in [-0.05, 0) is 49.1 Å². The topological polar surface area (TPSA) is 190 Å². The summed E-state index contributed by atoms with van der Waals surface area (Å²) in [6.45, 7) is 1.96. The highest BCUT2D eigenvalue weighted by atomic mass is 35.5. The Bertz CT molecular complexity index is 2250. The van der Waals surface area contributed by atoms with Gasteiger partial charge in [0.1, 0.15) is 10.7 Å². The number of fused-ring (bicyclic) bond motifs is 2. The quantitative estimate of drug-likeness (QED) is 0.155. The van der Waals surface area contributed by atoms with Crippen molar-refractivity contribution in [1.82, 2.24) is 39.9 Å². The fourth-order valence-corrected chi connectivity index (χ4v) is 6.64. The number of amides is 3. The molecule has 0 radical (unpaired) electrons. The highest BCUT2D eigenvalue weighted by Gasteiger charge is 2.32. The minimum Gasteiger partial charge on any atom is -0.478 e. The summed E-state index contributed by atoms with van der Waals surface area (Å²) in [5, 5.41) is 18.2. The molecule has 3 amide bonds. The highest BCUT2D eigenvalue weighted by Crippen LogP contribution is 2.32. The van der Waals surface area contributed by atoms with Gasteiger partial charge in [-0.3, -0.25) is 33.7 Å². The second kappa shape index (κ2) is 13.9. The average molecular weight is 714 g/mol. The second-order valence-electron chi connectivity index (χ2n) is 12.7. The van der Waals surface area contributed by atoms with Crippen LogP contribution in [0.15, 0.2) is 47.5 Å². The van der Waals surface area contributed by atoms with Crippen LogP contribution in [0, 0.1) is 5.92 Å². The highest BCUT2D eigenvalue weighted by molar-refractivity contribution is 6.32. The number of nitrogens with one attached hydrogen (secondary N) is 4. The first-order valence-corrected chi connectivity index (χ1v) is 16.9. The normalized spacial score (nSPS) is 17.5. The van der Waals surface area contributed by atoms with Gasteiger partial charge in [0.15, 0.2) is 18.2 Å². The van der Waals surface area contributed by atoms with E-state index >= 15 is 0 Å². The van der Waals surface area contributed by atoms with E-state index in [0.29, 0.717) is 58.0 Å². The number of ether oxygens (including phenoxy) is 1. The van der Waals surface area contributed by atoms with Gasteiger partial charge in [0.2, 0.25) is 17.8 Å². The van der Waals surface area contributed by atoms with Crippen molar-refractivity contribution in [3.8, 4) is 5.75 Å². The van der Waals surface area contributed by atoms with Gasteiger partial charge in [-0.25, -0.2) is 9.97 Å². The molecule has 17 heteroatoms. The first kappa shape index (κ1) is 33.7. The number of carbonyl (C=O) groups excluding carboxylic acids is 3. The summed E-state index contributed by atoms with van der Waals surface area (Å²) in [6.07, 6.45) is 4.84. The number of halogens is 1. The number of aryl methyl sites for hydroxylation is 2. The number of rotatable bonds is 10. The van der Waals surface area contributed by atoms with Crippen molar-refractivity contribution in [2.24, 2.45) is 20.0 Å². The largest absolute Gasteiger partial charge is 0.478 e. The van der Waals surface area contributed by atoms with Crippen LogP contribution in [-0.2, 0) is 28.5 Å². The minimum atomic E-state index is -0.447. The number of hydrogen-bond acceptors (Lipinski definition) is 12. The molecule has 264 valence electrons. The number of pyridine rings is 2. The molecule has 2 aliphatic heterocycles. The first-order valence-electron chi connectivity index (χ1n) is 16.5. The van der Waals surface area contributed by atoms with Crippen molar-refractivity contribution in [1.29, 1.82) is 0 Å². The van der Waals surface area contributed by atoms with Gasteiger partial charge in [0, 0.05) is 63.7 Å². The van der Waals surface area contributed by atoms with Crippen LogP contribution in [0.25, 0.3) is 21.9 Å². The van der Waals surface area contributed by atoms with Crippen LogP contribution < -0.4 is 36.5 Å². The number of imide groups is 1. The number of nitrogens with zero attached hydrogens (tertiary/aromatic N) is 7. The van der Waals surface area contributed by atoms with E-state index in [4.69, 9.17) is 21.3 Å². The van der Waals surface area contributed by atoms with Crippen molar-refractivity contribution < 1.29 is 19.1 Å². The zero-order chi connectivity index (χ0) is 35.8. The summed E-state index contributed by atoms with van der Waals surface area (Å²) < 4.78 is 8.60. The molecule has 6 heterocycles. The number of carbonyl (C=O) groups is 3. The van der Waals surface area contributed by atoms with E-state index in [0.717, 1.165) is 42.6 Å². The Morgan fingerprint density at radius 2 is 1.92 bits per heavy atom. The number of anilines is 4. The Hall–Kier alpha value is -5.77. The van der Waals surface area contributed by atoms with Crippen LogP contribution in [0.4, 0.5) is 23.1 Å². The van der Waals surface area contributed by atoms with Crippen LogP contribution in [0.5, 0.6) is 5.75 Å². The maximum atomic E-state index is 12.7. The Kier molecular flexibility index (Phi) is 9.16. The van der Waals surface area contributed by atoms with Gasteiger partial charge < -0.3 is 25.6 Å². The fraction of sp³-hybridized carbons (Fsp3) is 0.353. The SMILES string of the molecule is CNC(=O)COc1cc2cc(Nc3nc(N4CC[C@@H](CNc5ccc6c(C7CCC(=O)NC7=O)nn(C)c6c5)C4)ncc3Cl)cnc2n(C)c1=O. The van der Waals surface area contributed by atoms with E-state index < -0.39 is 11.5 Å². The molecule has 0 bridgehead atoms. The Balaban J connectivity index is 1.01. The summed E-state index contributed by atoms with van der Waals surface area (Å²) in [6, 6.07) is 9.35. The van der Waals surface area contributed by atoms with E-state index in [2.05, 4.69) is 41.2 Å². The summed E-state index contributed by atoms with van der Waals surface area (Å²) in [7, 11) is 4.93. The Labute approximate surface area is 296 Å². The fourth-order valence-electron chi connectivity index (χ4n) is 6.50. The van der Waals surface area contributed by atoms with Crippen molar-refractivity contribution in [3.05, 3.63) is 63.8 Å². The smallest absolute Gasteiger partial charge is 0.294 e. The van der Waals surface area contributed by atoms with Crippen molar-refractivity contribution in [2.75, 3.05) is 48.8 Å². The second-order valence-corrected chi connectivity index (χ2v) is 13.1. The van der Waals surface area contributed by atoms with Crippen molar-refractivity contribution >= 4 is 74.4 Å². The molecule has 1 aromatic carbocycles. The molecular weight excluding hydrogens is 678 g/mol. The van der Waals surface area contributed by atoms with Crippen molar-refractivity contribution in [3.63, 3.8) is 0 Å². The number of piperidine rings is 1. The van der Waals surface area contributed by atoms with E-state index in [-0.39, 0.29) is 30.1 Å². The molecule has 7 rings (SSSR count). The van der Waals surface area contributed by atoms with Gasteiger partial charge in [-0.1, -0.05) is 11.6 Å². The van der Waals surface area contributed by atoms with Crippen LogP contribution in [0.1, 0.15) is 30.9 Å². The molecule has 1 unspecified atom stereocenters. The maximum Gasteiger partial charge on any atom is 0.294 e. The Morgan fingerprint density at radius 3 is 2.73 bits per heavy atom. The molecule has 2 atom stereocenters. The molecular formula is C34H36ClN11O5. The number of likely N-dealkylation sites (N-methyl/N-ethyl adjacent to an activating group) is 1. The molecule has 4 N–H and O–H groups in total. The number of benzene rings is 1. The zero-order valence-electron chi connectivity index (χ0n) is 28.2. The lowest BCUT2D eigenvalue weighted by molar-refractivity contribution is -0.134. The van der Waals surface area contributed by atoms with Gasteiger partial charge in [0.05, 0.1) is 35.2 Å². The monoisotopic (exact) mass is 713 g/mol. The zero-order valence-corrected chi connectivity index (χ0v) is 29.0. The molecule has 4 aromatic heterocycles. The summed E-state index contributed by atoms with van der Waals surface area (Å²) in [4.78, 5) is 64.3. The van der Waals surface area contributed by atoms with Crippen LogP contribution in [-0.4, -0.2) is 80.3 Å². The van der Waals surface area contributed by atoms with E-state index in [9.17, 15) is 19.2 Å². The molecule has 2 saturated heterocycles. The number of aromatic nitrogens is 6. The van der Waals surface area contributed by atoms with Crippen molar-refractivity contribution in [2.45, 2.75) is 25.2 Å². The van der Waals surface area contributed by atoms with Crippen LogP contribution >= 0.6 is 11.6 Å². The van der Waals surface area contributed by atoms with Crippen LogP contribution in [0.3, 0.4) is 0 Å². The molecule has 51 heavy (non-hydrogen) atoms. The minimum absolute atomic E-state index is 0.0319. The molecule has 0 aliphatic carbocycles. The summed E-state index contributed by atoms with van der Waals surface area (Å²) >= 11 is 6.51. The van der Waals surface area contributed by atoms with E-state index in [1.165, 1.54) is 11.6 Å². The van der Waals surface area contributed by atoms with E-state index in [1.54, 1.807) is 36.3 Å². The molecule has 5 aromatic rings. The Morgan fingerprint density at radius 1 is 1.08 bits per heavy atom. The van der Waals surface area contributed by atoms with Gasteiger partial charge in [-0.2, -0.15) is 10.1 Å². The first-order chi connectivity index (χ1) is 24.6. The predicted molar refractivity (Wildman–Crippen MR) is 192 cm³/mol.